The van der Waals surface area contributed by atoms with Gasteiger partial charge < -0.3 is 24.9 Å². The predicted octanol–water partition coefficient (Wildman–Crippen LogP) is 2.74. The van der Waals surface area contributed by atoms with E-state index in [0.717, 1.165) is 31.6 Å². The molecule has 0 radical (unpaired) electrons. The van der Waals surface area contributed by atoms with Crippen LogP contribution in [0.4, 0.5) is 0 Å². The van der Waals surface area contributed by atoms with Gasteiger partial charge in [-0.1, -0.05) is 24.3 Å². The highest BCUT2D eigenvalue weighted by Crippen LogP contribution is 2.38. The molecule has 3 heterocycles. The molecule has 3 N–H and O–H groups in total. The Labute approximate surface area is 140 Å². The van der Waals surface area contributed by atoms with Crippen LogP contribution in [0.2, 0.25) is 0 Å². The monoisotopic (exact) mass is 324 g/mol. The van der Waals surface area contributed by atoms with Gasteiger partial charge in [0, 0.05) is 30.3 Å². The molecular formula is C19H20N2O3. The summed E-state index contributed by atoms with van der Waals surface area (Å²) in [6.45, 7) is 1.29. The SMILES string of the molecule is CO.c1ccc2c3c([nH]c2c1)C(c1ccc2c(c1)OCO2)NCC3. The number of rotatable bonds is 1. The van der Waals surface area contributed by atoms with Gasteiger partial charge in [-0.2, -0.15) is 0 Å². The van der Waals surface area contributed by atoms with Crippen LogP contribution in [-0.4, -0.2) is 30.5 Å². The van der Waals surface area contributed by atoms with E-state index in [0.29, 0.717) is 6.79 Å². The Hall–Kier alpha value is -2.50. The van der Waals surface area contributed by atoms with Gasteiger partial charge in [-0.15, -0.1) is 0 Å². The van der Waals surface area contributed by atoms with Gasteiger partial charge in [-0.05, 0) is 35.7 Å². The highest BCUT2D eigenvalue weighted by atomic mass is 16.7. The molecular weight excluding hydrogens is 304 g/mol. The number of aliphatic hydroxyl groups excluding tert-OH is 1. The number of nitrogens with one attached hydrogen (secondary N) is 2. The van der Waals surface area contributed by atoms with Gasteiger partial charge in [-0.3, -0.25) is 0 Å². The summed E-state index contributed by atoms with van der Waals surface area (Å²) >= 11 is 0. The van der Waals surface area contributed by atoms with Crippen molar-refractivity contribution in [1.82, 2.24) is 10.3 Å². The van der Waals surface area contributed by atoms with E-state index in [1.807, 2.05) is 6.07 Å². The molecule has 1 aromatic heterocycles. The minimum Gasteiger partial charge on any atom is -0.454 e. The van der Waals surface area contributed by atoms with Crippen LogP contribution in [0, 0.1) is 0 Å². The molecule has 2 aliphatic rings. The lowest BCUT2D eigenvalue weighted by Crippen LogP contribution is -2.30. The summed E-state index contributed by atoms with van der Waals surface area (Å²) in [5, 5.41) is 12.0. The quantitative estimate of drug-likeness (QED) is 0.644. The van der Waals surface area contributed by atoms with E-state index < -0.39 is 0 Å². The van der Waals surface area contributed by atoms with Crippen molar-refractivity contribution in [3.05, 3.63) is 59.3 Å². The Morgan fingerprint density at radius 1 is 1.04 bits per heavy atom. The van der Waals surface area contributed by atoms with Crippen molar-refractivity contribution in [3.63, 3.8) is 0 Å². The van der Waals surface area contributed by atoms with Crippen molar-refractivity contribution in [3.8, 4) is 11.5 Å². The molecule has 3 aromatic rings. The number of aromatic nitrogens is 1. The average Bonchev–Trinajstić information content (AvgIpc) is 3.26. The summed E-state index contributed by atoms with van der Waals surface area (Å²) in [4.78, 5) is 3.60. The summed E-state index contributed by atoms with van der Waals surface area (Å²) in [6, 6.07) is 14.9. The first kappa shape index (κ1) is 15.1. The van der Waals surface area contributed by atoms with Gasteiger partial charge in [-0.25, -0.2) is 0 Å². The summed E-state index contributed by atoms with van der Waals surface area (Å²) in [5.74, 6) is 1.67. The summed E-state index contributed by atoms with van der Waals surface area (Å²) in [5.41, 5.74) is 5.11. The molecule has 0 saturated carbocycles. The van der Waals surface area contributed by atoms with Gasteiger partial charge in [0.25, 0.3) is 0 Å². The van der Waals surface area contributed by atoms with E-state index in [1.54, 1.807) is 0 Å². The van der Waals surface area contributed by atoms with Crippen LogP contribution in [0.15, 0.2) is 42.5 Å². The molecule has 5 rings (SSSR count). The van der Waals surface area contributed by atoms with Gasteiger partial charge >= 0.3 is 0 Å². The van der Waals surface area contributed by atoms with Crippen molar-refractivity contribution in [2.24, 2.45) is 0 Å². The van der Waals surface area contributed by atoms with Crippen molar-refractivity contribution in [2.75, 3.05) is 20.4 Å². The zero-order chi connectivity index (χ0) is 16.5. The lowest BCUT2D eigenvalue weighted by Gasteiger charge is -2.25. The van der Waals surface area contributed by atoms with Crippen LogP contribution in [0.5, 0.6) is 11.5 Å². The average molecular weight is 324 g/mol. The fourth-order valence-corrected chi connectivity index (χ4v) is 3.56. The number of aromatic amines is 1. The smallest absolute Gasteiger partial charge is 0.231 e. The molecule has 0 spiro atoms. The third kappa shape index (κ3) is 2.33. The van der Waals surface area contributed by atoms with Gasteiger partial charge in [0.05, 0.1) is 6.04 Å². The molecule has 5 nitrogen and oxygen atoms in total. The second kappa shape index (κ2) is 6.19. The van der Waals surface area contributed by atoms with E-state index in [4.69, 9.17) is 14.6 Å². The third-order valence-corrected chi connectivity index (χ3v) is 4.59. The topological polar surface area (TPSA) is 66.5 Å². The molecule has 2 aromatic carbocycles. The number of aliphatic hydroxyl groups is 1. The Balaban J connectivity index is 0.000000704. The largest absolute Gasteiger partial charge is 0.454 e. The standard InChI is InChI=1S/C18H16N2O2.CH4O/c1-2-4-14-12(3-1)13-7-8-19-17(18(13)20-14)11-5-6-15-16(9-11)22-10-21-15;1-2/h1-6,9,17,19-20H,7-8,10H2;2H,1H3. The minimum absolute atomic E-state index is 0.172. The molecule has 1 atom stereocenters. The van der Waals surface area contributed by atoms with E-state index >= 15 is 0 Å². The second-order valence-electron chi connectivity index (χ2n) is 5.81. The molecule has 5 heteroatoms. The molecule has 2 aliphatic heterocycles. The van der Waals surface area contributed by atoms with E-state index in [2.05, 4.69) is 46.7 Å². The Morgan fingerprint density at radius 2 is 1.88 bits per heavy atom. The Kier molecular flexibility index (Phi) is 3.88. The molecule has 0 saturated heterocycles. The fourth-order valence-electron chi connectivity index (χ4n) is 3.56. The number of H-pyrrole nitrogens is 1. The zero-order valence-corrected chi connectivity index (χ0v) is 13.5. The predicted molar refractivity (Wildman–Crippen MR) is 92.6 cm³/mol. The van der Waals surface area contributed by atoms with E-state index in [1.165, 1.54) is 27.7 Å². The summed E-state index contributed by atoms with van der Waals surface area (Å²) < 4.78 is 10.9. The number of para-hydroxylation sites is 1. The number of ether oxygens (including phenoxy) is 2. The van der Waals surface area contributed by atoms with Crippen LogP contribution in [0.3, 0.4) is 0 Å². The second-order valence-corrected chi connectivity index (χ2v) is 5.81. The van der Waals surface area contributed by atoms with Crippen molar-refractivity contribution in [2.45, 2.75) is 12.5 Å². The molecule has 24 heavy (non-hydrogen) atoms. The Morgan fingerprint density at radius 3 is 2.79 bits per heavy atom. The first-order valence-electron chi connectivity index (χ1n) is 8.07. The van der Waals surface area contributed by atoms with Gasteiger partial charge in [0.15, 0.2) is 11.5 Å². The molecule has 124 valence electrons. The number of benzene rings is 2. The van der Waals surface area contributed by atoms with Crippen molar-refractivity contribution >= 4 is 10.9 Å². The lowest BCUT2D eigenvalue weighted by atomic mass is 9.94. The third-order valence-electron chi connectivity index (χ3n) is 4.59. The summed E-state index contributed by atoms with van der Waals surface area (Å²) in [6.07, 6.45) is 1.06. The van der Waals surface area contributed by atoms with Crippen molar-refractivity contribution in [1.29, 1.82) is 0 Å². The zero-order valence-electron chi connectivity index (χ0n) is 13.5. The molecule has 0 amide bonds. The maximum Gasteiger partial charge on any atom is 0.231 e. The Bertz CT molecular complexity index is 872. The minimum atomic E-state index is 0.172. The normalized spacial score (nSPS) is 18.0. The molecule has 1 unspecified atom stereocenters. The molecule has 0 fully saturated rings. The van der Waals surface area contributed by atoms with E-state index in [-0.39, 0.29) is 6.04 Å². The number of hydrogen-bond donors (Lipinski definition) is 3. The van der Waals surface area contributed by atoms with Crippen LogP contribution >= 0.6 is 0 Å². The van der Waals surface area contributed by atoms with Crippen LogP contribution < -0.4 is 14.8 Å². The van der Waals surface area contributed by atoms with Crippen LogP contribution in [-0.2, 0) is 6.42 Å². The molecule has 0 bridgehead atoms. The maximum atomic E-state index is 7.00. The first-order chi connectivity index (χ1) is 11.9. The highest BCUT2D eigenvalue weighted by molar-refractivity contribution is 5.85. The van der Waals surface area contributed by atoms with Crippen molar-refractivity contribution < 1.29 is 14.6 Å². The molecule has 0 aliphatic carbocycles. The highest BCUT2D eigenvalue weighted by Gasteiger charge is 2.26. The number of hydrogen-bond acceptors (Lipinski definition) is 4. The van der Waals surface area contributed by atoms with Crippen LogP contribution in [0.25, 0.3) is 10.9 Å². The fraction of sp³-hybridized carbons (Fsp3) is 0.263. The van der Waals surface area contributed by atoms with Crippen LogP contribution in [0.1, 0.15) is 22.9 Å². The first-order valence-corrected chi connectivity index (χ1v) is 8.07. The van der Waals surface area contributed by atoms with Gasteiger partial charge in [0.1, 0.15) is 0 Å². The maximum absolute atomic E-state index is 7.00. The van der Waals surface area contributed by atoms with E-state index in [9.17, 15) is 0 Å². The van der Waals surface area contributed by atoms with Gasteiger partial charge in [0.2, 0.25) is 6.79 Å². The lowest BCUT2D eigenvalue weighted by molar-refractivity contribution is 0.174. The number of fused-ring (bicyclic) bond motifs is 4. The summed E-state index contributed by atoms with van der Waals surface area (Å²) in [7, 11) is 1.00.